The van der Waals surface area contributed by atoms with Gasteiger partial charge in [0.05, 0.1) is 5.25 Å². The highest BCUT2D eigenvalue weighted by Gasteiger charge is 2.26. The maximum absolute atomic E-state index is 13.6. The summed E-state index contributed by atoms with van der Waals surface area (Å²) in [4.78, 5) is 19.5. The zero-order chi connectivity index (χ0) is 21.6. The molecule has 0 fully saturated rings. The maximum atomic E-state index is 13.6. The van der Waals surface area contributed by atoms with E-state index in [1.807, 2.05) is 91.2 Å². The molecular formula is C24H23N5OS. The van der Waals surface area contributed by atoms with Crippen molar-refractivity contribution in [3.05, 3.63) is 85.2 Å². The lowest BCUT2D eigenvalue weighted by Gasteiger charge is -2.25. The topological polar surface area (TPSA) is 63.9 Å². The van der Waals surface area contributed by atoms with Gasteiger partial charge in [0.2, 0.25) is 5.91 Å². The fourth-order valence-corrected chi connectivity index (χ4v) is 4.27. The first kappa shape index (κ1) is 20.8. The zero-order valence-electron chi connectivity index (χ0n) is 17.4. The average Bonchev–Trinajstić information content (AvgIpc) is 3.23. The highest BCUT2D eigenvalue weighted by Crippen LogP contribution is 2.31. The molecule has 31 heavy (non-hydrogen) atoms. The van der Waals surface area contributed by atoms with Gasteiger partial charge in [-0.3, -0.25) is 14.7 Å². The molecule has 0 saturated heterocycles. The minimum atomic E-state index is -0.364. The minimum absolute atomic E-state index is 0.0176. The summed E-state index contributed by atoms with van der Waals surface area (Å²) in [6.07, 6.45) is 3.50. The molecule has 0 N–H and O–H groups in total. The van der Waals surface area contributed by atoms with Gasteiger partial charge in [-0.25, -0.2) is 0 Å². The van der Waals surface area contributed by atoms with Gasteiger partial charge in [-0.05, 0) is 50.2 Å². The lowest BCUT2D eigenvalue weighted by Crippen LogP contribution is -2.33. The molecule has 1 amide bonds. The summed E-state index contributed by atoms with van der Waals surface area (Å²) in [6.45, 7) is 4.64. The normalized spacial score (nSPS) is 11.8. The van der Waals surface area contributed by atoms with Crippen LogP contribution in [0.3, 0.4) is 0 Å². The molecule has 6 nitrogen and oxygen atoms in total. The van der Waals surface area contributed by atoms with Crippen LogP contribution < -0.4 is 4.90 Å². The molecule has 0 radical (unpaired) electrons. The quantitative estimate of drug-likeness (QED) is 0.378. The number of hydrogen-bond acceptors (Lipinski definition) is 5. The number of pyridine rings is 1. The van der Waals surface area contributed by atoms with E-state index in [9.17, 15) is 4.79 Å². The monoisotopic (exact) mass is 429 g/mol. The Kier molecular flexibility index (Phi) is 6.43. The van der Waals surface area contributed by atoms with Gasteiger partial charge < -0.3 is 4.57 Å². The van der Waals surface area contributed by atoms with E-state index in [-0.39, 0.29) is 11.2 Å². The van der Waals surface area contributed by atoms with Crippen LogP contribution in [0.4, 0.5) is 11.4 Å². The lowest BCUT2D eigenvalue weighted by atomic mass is 10.2. The first-order valence-electron chi connectivity index (χ1n) is 10.1. The highest BCUT2D eigenvalue weighted by molar-refractivity contribution is 8.00. The molecule has 2 aromatic heterocycles. The van der Waals surface area contributed by atoms with Crippen LogP contribution in [-0.2, 0) is 11.3 Å². The number of carbonyl (C=O) groups is 1. The smallest absolute Gasteiger partial charge is 0.244 e. The van der Waals surface area contributed by atoms with Crippen molar-refractivity contribution < 1.29 is 4.79 Å². The number of amides is 1. The van der Waals surface area contributed by atoms with Crippen molar-refractivity contribution in [2.45, 2.75) is 30.8 Å². The van der Waals surface area contributed by atoms with Gasteiger partial charge in [0, 0.05) is 35.9 Å². The standard InChI is InChI=1S/C24H23N5OS/c1-3-28-22(19-11-10-16-25-17-19)26-27-24(28)31-18(2)23(30)29(20-12-6-4-7-13-20)21-14-8-5-9-15-21/h4-18H,3H2,1-2H3. The highest BCUT2D eigenvalue weighted by atomic mass is 32.2. The molecule has 7 heteroatoms. The van der Waals surface area contributed by atoms with E-state index < -0.39 is 0 Å². The van der Waals surface area contributed by atoms with E-state index in [0.29, 0.717) is 11.7 Å². The Hall–Kier alpha value is -3.45. The van der Waals surface area contributed by atoms with Crippen molar-refractivity contribution in [2.24, 2.45) is 0 Å². The predicted molar refractivity (Wildman–Crippen MR) is 124 cm³/mol. The average molecular weight is 430 g/mol. The fourth-order valence-electron chi connectivity index (χ4n) is 3.32. The fraction of sp³-hybridized carbons (Fsp3) is 0.167. The number of hydrogen-bond donors (Lipinski definition) is 0. The van der Waals surface area contributed by atoms with Crippen molar-refractivity contribution in [2.75, 3.05) is 4.90 Å². The number of para-hydroxylation sites is 2. The number of rotatable bonds is 7. The van der Waals surface area contributed by atoms with Crippen molar-refractivity contribution in [1.82, 2.24) is 19.7 Å². The summed E-state index contributed by atoms with van der Waals surface area (Å²) >= 11 is 1.41. The van der Waals surface area contributed by atoms with Crippen LogP contribution in [0.5, 0.6) is 0 Å². The molecule has 0 aliphatic rings. The van der Waals surface area contributed by atoms with Gasteiger partial charge in [-0.1, -0.05) is 48.2 Å². The molecule has 4 aromatic rings. The van der Waals surface area contributed by atoms with Crippen LogP contribution in [0.15, 0.2) is 90.3 Å². The number of benzene rings is 2. The third-order valence-corrected chi connectivity index (χ3v) is 5.90. The molecule has 1 atom stereocenters. The molecule has 0 aliphatic carbocycles. The largest absolute Gasteiger partial charge is 0.302 e. The Labute approximate surface area is 186 Å². The van der Waals surface area contributed by atoms with Crippen molar-refractivity contribution in [3.63, 3.8) is 0 Å². The first-order chi connectivity index (χ1) is 15.2. The molecule has 156 valence electrons. The van der Waals surface area contributed by atoms with Crippen LogP contribution in [0, 0.1) is 0 Å². The summed E-state index contributed by atoms with van der Waals surface area (Å²) in [5, 5.41) is 9.07. The number of nitrogens with zero attached hydrogens (tertiary/aromatic N) is 5. The Morgan fingerprint density at radius 3 is 2.16 bits per heavy atom. The summed E-state index contributed by atoms with van der Waals surface area (Å²) in [7, 11) is 0. The van der Waals surface area contributed by atoms with Gasteiger partial charge in [-0.15, -0.1) is 10.2 Å². The molecule has 2 aromatic carbocycles. The third kappa shape index (κ3) is 4.51. The van der Waals surface area contributed by atoms with Crippen LogP contribution >= 0.6 is 11.8 Å². The van der Waals surface area contributed by atoms with Crippen LogP contribution in [0.2, 0.25) is 0 Å². The van der Waals surface area contributed by atoms with E-state index in [1.165, 1.54) is 11.8 Å². The Bertz CT molecular complexity index is 1090. The maximum Gasteiger partial charge on any atom is 0.244 e. The van der Waals surface area contributed by atoms with Crippen molar-refractivity contribution in [3.8, 4) is 11.4 Å². The third-order valence-electron chi connectivity index (χ3n) is 4.83. The van der Waals surface area contributed by atoms with E-state index >= 15 is 0 Å². The van der Waals surface area contributed by atoms with Crippen LogP contribution in [0.25, 0.3) is 11.4 Å². The SMILES string of the molecule is CCn1c(SC(C)C(=O)N(c2ccccc2)c2ccccc2)nnc1-c1cccnc1. The van der Waals surface area contributed by atoms with Gasteiger partial charge in [0.25, 0.3) is 0 Å². The van der Waals surface area contributed by atoms with E-state index in [2.05, 4.69) is 15.2 Å². The number of carbonyl (C=O) groups excluding carboxylic acids is 1. The number of anilines is 2. The molecule has 0 spiro atoms. The summed E-state index contributed by atoms with van der Waals surface area (Å²) < 4.78 is 2.01. The molecule has 0 saturated carbocycles. The van der Waals surface area contributed by atoms with Gasteiger partial charge in [0.1, 0.15) is 0 Å². The summed E-state index contributed by atoms with van der Waals surface area (Å²) in [5.41, 5.74) is 2.57. The van der Waals surface area contributed by atoms with Crippen molar-refractivity contribution in [1.29, 1.82) is 0 Å². The molecule has 0 bridgehead atoms. The summed E-state index contributed by atoms with van der Waals surface area (Å²) in [6, 6.07) is 23.2. The second kappa shape index (κ2) is 9.57. The molecule has 4 rings (SSSR count). The zero-order valence-corrected chi connectivity index (χ0v) is 18.2. The minimum Gasteiger partial charge on any atom is -0.302 e. The molecule has 0 aliphatic heterocycles. The van der Waals surface area contributed by atoms with E-state index in [0.717, 1.165) is 22.8 Å². The molecular weight excluding hydrogens is 406 g/mol. The van der Waals surface area contributed by atoms with Gasteiger partial charge in [0.15, 0.2) is 11.0 Å². The lowest BCUT2D eigenvalue weighted by molar-refractivity contribution is -0.117. The molecule has 1 unspecified atom stereocenters. The van der Waals surface area contributed by atoms with Crippen LogP contribution in [0.1, 0.15) is 13.8 Å². The second-order valence-corrected chi connectivity index (χ2v) is 8.20. The van der Waals surface area contributed by atoms with E-state index in [4.69, 9.17) is 0 Å². The Balaban J connectivity index is 1.62. The van der Waals surface area contributed by atoms with Crippen LogP contribution in [-0.4, -0.2) is 30.9 Å². The summed E-state index contributed by atoms with van der Waals surface area (Å²) in [5.74, 6) is 0.733. The van der Waals surface area contributed by atoms with Gasteiger partial charge >= 0.3 is 0 Å². The number of thioether (sulfide) groups is 1. The first-order valence-corrected chi connectivity index (χ1v) is 11.0. The predicted octanol–water partition coefficient (Wildman–Crippen LogP) is 5.21. The Morgan fingerprint density at radius 2 is 1.61 bits per heavy atom. The van der Waals surface area contributed by atoms with Gasteiger partial charge in [-0.2, -0.15) is 0 Å². The Morgan fingerprint density at radius 1 is 0.968 bits per heavy atom. The second-order valence-electron chi connectivity index (χ2n) is 6.90. The molecule has 2 heterocycles. The van der Waals surface area contributed by atoms with Crippen molar-refractivity contribution >= 4 is 29.0 Å². The number of aromatic nitrogens is 4. The van der Waals surface area contributed by atoms with E-state index in [1.54, 1.807) is 17.3 Å².